The highest BCUT2D eigenvalue weighted by Gasteiger charge is 2.08. The van der Waals surface area contributed by atoms with Crippen molar-refractivity contribution >= 4 is 17.1 Å². The lowest BCUT2D eigenvalue weighted by Gasteiger charge is -2.09. The van der Waals surface area contributed by atoms with Crippen LogP contribution in [0.2, 0.25) is 0 Å². The highest BCUT2D eigenvalue weighted by atomic mass is 32.1. The number of hydrogen-bond donors (Lipinski definition) is 0. The van der Waals surface area contributed by atoms with Gasteiger partial charge in [-0.2, -0.15) is 10.2 Å². The molecule has 0 amide bonds. The summed E-state index contributed by atoms with van der Waals surface area (Å²) in [5.74, 6) is 0. The van der Waals surface area contributed by atoms with Crippen molar-refractivity contribution in [1.29, 1.82) is 0 Å². The van der Waals surface area contributed by atoms with Crippen LogP contribution in [-0.4, -0.2) is 24.4 Å². The van der Waals surface area contributed by atoms with Crippen LogP contribution in [0, 0.1) is 0 Å². The van der Waals surface area contributed by atoms with Gasteiger partial charge in [-0.3, -0.25) is 0 Å². The number of hydrogen-bond acceptors (Lipinski definition) is 3. The maximum atomic E-state index is 5.71. The lowest BCUT2D eigenvalue weighted by atomic mass is 10.0. The molecular formula is C19H14N4S. The number of aromatic nitrogens is 4. The summed E-state index contributed by atoms with van der Waals surface area (Å²) in [6, 6.07) is 20.0. The van der Waals surface area contributed by atoms with Crippen molar-refractivity contribution in [2.24, 2.45) is 0 Å². The van der Waals surface area contributed by atoms with Crippen LogP contribution < -0.4 is 0 Å². The van der Waals surface area contributed by atoms with Gasteiger partial charge in [-0.25, -0.2) is 9.36 Å². The molecule has 0 fully saturated rings. The number of nitrogens with zero attached hydrogens (tertiary/aromatic N) is 4. The smallest absolute Gasteiger partial charge is 0.0652 e. The Morgan fingerprint density at radius 3 is 1.62 bits per heavy atom. The Kier molecular flexibility index (Phi) is 3.76. The minimum atomic E-state index is 0.804. The molecule has 116 valence electrons. The largest absolute Gasteiger partial charge is 0.241 e. The van der Waals surface area contributed by atoms with Crippen molar-refractivity contribution < 1.29 is 0 Å². The Morgan fingerprint density at radius 1 is 0.708 bits per heavy atom. The first-order valence-electron chi connectivity index (χ1n) is 7.56. The van der Waals surface area contributed by atoms with E-state index in [0.29, 0.717) is 0 Å². The normalized spacial score (nSPS) is 10.7. The van der Waals surface area contributed by atoms with E-state index in [1.54, 1.807) is 12.4 Å². The van der Waals surface area contributed by atoms with E-state index in [0.717, 1.165) is 27.4 Å². The molecule has 0 radical (unpaired) electrons. The van der Waals surface area contributed by atoms with Gasteiger partial charge in [0.15, 0.2) is 0 Å². The molecule has 0 atom stereocenters. The van der Waals surface area contributed by atoms with E-state index in [-0.39, 0.29) is 0 Å². The Hall–Kier alpha value is -3.05. The molecule has 0 aliphatic rings. The Morgan fingerprint density at radius 2 is 1.21 bits per heavy atom. The van der Waals surface area contributed by atoms with Crippen molar-refractivity contribution in [3.63, 3.8) is 0 Å². The molecule has 0 spiro atoms. The van der Waals surface area contributed by atoms with Gasteiger partial charge in [-0.1, -0.05) is 36.5 Å². The maximum Gasteiger partial charge on any atom is 0.0652 e. The second kappa shape index (κ2) is 6.22. The van der Waals surface area contributed by atoms with Crippen LogP contribution in [0.4, 0.5) is 0 Å². The second-order valence-electron chi connectivity index (χ2n) is 5.33. The molecule has 0 aliphatic carbocycles. The summed E-state index contributed by atoms with van der Waals surface area (Å²) in [7, 11) is 0. The average Bonchev–Trinajstić information content (AvgIpc) is 3.35. The van der Waals surface area contributed by atoms with E-state index in [9.17, 15) is 0 Å². The first kappa shape index (κ1) is 14.5. The molecule has 2 heterocycles. The standard InChI is InChI=1S/C19H14N4S/c24-19(15-5-1-7-17(13-15)22-11-3-9-20-22)16-6-2-8-18(14-16)23-12-4-10-21-23/h1-14H. The number of thiocarbonyl (C=S) groups is 1. The molecule has 2 aromatic carbocycles. The van der Waals surface area contributed by atoms with E-state index < -0.39 is 0 Å². The van der Waals surface area contributed by atoms with Gasteiger partial charge in [0.25, 0.3) is 0 Å². The minimum Gasteiger partial charge on any atom is -0.241 e. The summed E-state index contributed by atoms with van der Waals surface area (Å²) in [5, 5.41) is 8.54. The van der Waals surface area contributed by atoms with E-state index in [1.807, 2.05) is 70.3 Å². The molecule has 0 unspecified atom stereocenters. The predicted molar refractivity (Wildman–Crippen MR) is 97.9 cm³/mol. The zero-order valence-electron chi connectivity index (χ0n) is 12.8. The van der Waals surface area contributed by atoms with Crippen LogP contribution >= 0.6 is 12.2 Å². The predicted octanol–water partition coefficient (Wildman–Crippen LogP) is 3.82. The van der Waals surface area contributed by atoms with Crippen LogP contribution in [0.5, 0.6) is 0 Å². The van der Waals surface area contributed by atoms with Crippen LogP contribution in [-0.2, 0) is 0 Å². The summed E-state index contributed by atoms with van der Waals surface area (Å²) >= 11 is 5.71. The molecule has 0 saturated carbocycles. The highest BCUT2D eigenvalue weighted by molar-refractivity contribution is 7.81. The van der Waals surface area contributed by atoms with E-state index in [2.05, 4.69) is 22.3 Å². The average molecular weight is 330 g/mol. The third-order valence-electron chi connectivity index (χ3n) is 3.75. The molecule has 0 bridgehead atoms. The van der Waals surface area contributed by atoms with Crippen LogP contribution in [0.1, 0.15) is 11.1 Å². The van der Waals surface area contributed by atoms with Crippen molar-refractivity contribution in [2.75, 3.05) is 0 Å². The molecule has 0 N–H and O–H groups in total. The molecule has 24 heavy (non-hydrogen) atoms. The number of benzene rings is 2. The molecule has 4 rings (SSSR count). The monoisotopic (exact) mass is 330 g/mol. The quantitative estimate of drug-likeness (QED) is 0.421. The number of rotatable bonds is 4. The van der Waals surface area contributed by atoms with Crippen LogP contribution in [0.15, 0.2) is 85.5 Å². The van der Waals surface area contributed by atoms with Gasteiger partial charge < -0.3 is 0 Å². The zero-order chi connectivity index (χ0) is 16.4. The van der Waals surface area contributed by atoms with Crippen molar-refractivity contribution in [3.05, 3.63) is 96.6 Å². The van der Waals surface area contributed by atoms with Gasteiger partial charge in [0.2, 0.25) is 0 Å². The minimum absolute atomic E-state index is 0.804. The Labute approximate surface area is 145 Å². The highest BCUT2D eigenvalue weighted by Crippen LogP contribution is 2.17. The zero-order valence-corrected chi connectivity index (χ0v) is 13.6. The van der Waals surface area contributed by atoms with Crippen molar-refractivity contribution in [3.8, 4) is 11.4 Å². The summed E-state index contributed by atoms with van der Waals surface area (Å²) in [4.78, 5) is 0.804. The molecule has 4 aromatic rings. The van der Waals surface area contributed by atoms with Gasteiger partial charge >= 0.3 is 0 Å². The SMILES string of the molecule is S=C(c1cccc(-n2cccn2)c1)c1cccc(-n2cccn2)c1. The van der Waals surface area contributed by atoms with Crippen molar-refractivity contribution in [2.45, 2.75) is 0 Å². The summed E-state index contributed by atoms with van der Waals surface area (Å²) in [5.41, 5.74) is 3.97. The molecule has 0 saturated heterocycles. The molecule has 0 aliphatic heterocycles. The lowest BCUT2D eigenvalue weighted by Crippen LogP contribution is -2.03. The third-order valence-corrected chi connectivity index (χ3v) is 4.23. The first-order valence-corrected chi connectivity index (χ1v) is 7.97. The fourth-order valence-corrected chi connectivity index (χ4v) is 2.84. The van der Waals surface area contributed by atoms with Gasteiger partial charge in [-0.05, 0) is 47.5 Å². The summed E-state index contributed by atoms with van der Waals surface area (Å²) in [6.45, 7) is 0. The Bertz CT molecular complexity index is 893. The van der Waals surface area contributed by atoms with E-state index in [4.69, 9.17) is 12.2 Å². The van der Waals surface area contributed by atoms with Gasteiger partial charge in [-0.15, -0.1) is 0 Å². The molecule has 5 heteroatoms. The maximum absolute atomic E-state index is 5.71. The third kappa shape index (κ3) is 2.77. The van der Waals surface area contributed by atoms with Crippen molar-refractivity contribution in [1.82, 2.24) is 19.6 Å². The van der Waals surface area contributed by atoms with Crippen LogP contribution in [0.3, 0.4) is 0 Å². The topological polar surface area (TPSA) is 35.6 Å². The summed E-state index contributed by atoms with van der Waals surface area (Å²) in [6.07, 6.45) is 7.36. The molecule has 4 nitrogen and oxygen atoms in total. The van der Waals surface area contributed by atoms with Gasteiger partial charge in [0.1, 0.15) is 0 Å². The molecular weight excluding hydrogens is 316 g/mol. The fourth-order valence-electron chi connectivity index (χ4n) is 2.59. The van der Waals surface area contributed by atoms with Gasteiger partial charge in [0.05, 0.1) is 16.2 Å². The molecule has 2 aromatic heterocycles. The second-order valence-corrected chi connectivity index (χ2v) is 5.74. The fraction of sp³-hybridized carbons (Fsp3) is 0. The van der Waals surface area contributed by atoms with E-state index in [1.165, 1.54) is 0 Å². The van der Waals surface area contributed by atoms with Gasteiger partial charge in [0, 0.05) is 24.8 Å². The summed E-state index contributed by atoms with van der Waals surface area (Å²) < 4.78 is 3.65. The van der Waals surface area contributed by atoms with Crippen LogP contribution in [0.25, 0.3) is 11.4 Å². The lowest BCUT2D eigenvalue weighted by molar-refractivity contribution is 0.880. The Balaban J connectivity index is 1.69. The van der Waals surface area contributed by atoms with E-state index >= 15 is 0 Å². The first-order chi connectivity index (χ1) is 11.8.